The van der Waals surface area contributed by atoms with Crippen molar-refractivity contribution in [3.63, 3.8) is 0 Å². The minimum atomic E-state index is -2.80. The third-order valence-electron chi connectivity index (χ3n) is 2.93. The van der Waals surface area contributed by atoms with E-state index in [1.54, 1.807) is 0 Å². The second-order valence-electron chi connectivity index (χ2n) is 4.37. The molecular formula is C14H11F2N3O3. The van der Waals surface area contributed by atoms with Gasteiger partial charge in [-0.05, 0) is 12.1 Å². The van der Waals surface area contributed by atoms with E-state index in [0.717, 1.165) is 18.2 Å². The van der Waals surface area contributed by atoms with Crippen LogP contribution in [0.3, 0.4) is 0 Å². The number of rotatable bonds is 4. The minimum absolute atomic E-state index is 0.0305. The van der Waals surface area contributed by atoms with E-state index in [9.17, 15) is 23.7 Å². The second-order valence-corrected chi connectivity index (χ2v) is 4.37. The molecule has 0 aliphatic heterocycles. The van der Waals surface area contributed by atoms with Gasteiger partial charge in [0.2, 0.25) is 0 Å². The summed E-state index contributed by atoms with van der Waals surface area (Å²) in [5.74, 6) is -0.767. The van der Waals surface area contributed by atoms with Gasteiger partial charge in [0.05, 0.1) is 16.3 Å². The van der Waals surface area contributed by atoms with Crippen LogP contribution in [0.2, 0.25) is 0 Å². The first-order valence-electron chi connectivity index (χ1n) is 6.12. The predicted octanol–water partition coefficient (Wildman–Crippen LogP) is 3.37. The second kappa shape index (κ2) is 6.17. The van der Waals surface area contributed by atoms with Crippen LogP contribution >= 0.6 is 0 Å². The maximum Gasteiger partial charge on any atom is 0.271 e. The molecule has 8 heteroatoms. The first-order valence-corrected chi connectivity index (χ1v) is 6.12. The number of halogens is 2. The van der Waals surface area contributed by atoms with Crippen molar-refractivity contribution in [1.82, 2.24) is 0 Å². The van der Waals surface area contributed by atoms with Crippen molar-refractivity contribution >= 4 is 23.0 Å². The van der Waals surface area contributed by atoms with Gasteiger partial charge in [0.1, 0.15) is 0 Å². The molecule has 6 nitrogen and oxygen atoms in total. The number of amides is 1. The average Bonchev–Trinajstić information content (AvgIpc) is 2.48. The Morgan fingerprint density at radius 2 is 1.91 bits per heavy atom. The number of nitrogens with zero attached hydrogens (tertiary/aromatic N) is 1. The highest BCUT2D eigenvalue weighted by molar-refractivity contribution is 6.06. The third-order valence-corrected chi connectivity index (χ3v) is 2.93. The number of nitro benzene ring substituents is 1. The SMILES string of the molecule is Nc1cc([N+](=O)[O-])ccc1NC(=O)c1ccccc1C(F)F. The molecule has 0 fully saturated rings. The van der Waals surface area contributed by atoms with Gasteiger partial charge in [-0.15, -0.1) is 0 Å². The lowest BCUT2D eigenvalue weighted by molar-refractivity contribution is -0.384. The van der Waals surface area contributed by atoms with Crippen LogP contribution in [0.1, 0.15) is 22.3 Å². The Bertz CT molecular complexity index is 735. The van der Waals surface area contributed by atoms with E-state index in [1.807, 2.05) is 0 Å². The zero-order chi connectivity index (χ0) is 16.3. The Morgan fingerprint density at radius 3 is 2.50 bits per heavy atom. The fourth-order valence-electron chi connectivity index (χ4n) is 1.86. The monoisotopic (exact) mass is 307 g/mol. The van der Waals surface area contributed by atoms with Crippen LogP contribution in [0.15, 0.2) is 42.5 Å². The number of nitro groups is 1. The molecule has 0 atom stereocenters. The number of hydrogen-bond acceptors (Lipinski definition) is 4. The number of anilines is 2. The van der Waals surface area contributed by atoms with Gasteiger partial charge in [-0.2, -0.15) is 0 Å². The van der Waals surface area contributed by atoms with Gasteiger partial charge in [-0.25, -0.2) is 8.78 Å². The van der Waals surface area contributed by atoms with Crippen LogP contribution in [0, 0.1) is 10.1 Å². The Hall–Kier alpha value is -3.03. The molecule has 2 rings (SSSR count). The first kappa shape index (κ1) is 15.4. The predicted molar refractivity (Wildman–Crippen MR) is 76.9 cm³/mol. The number of carbonyl (C=O) groups is 1. The lowest BCUT2D eigenvalue weighted by Gasteiger charge is -2.11. The molecular weight excluding hydrogens is 296 g/mol. The molecule has 0 saturated carbocycles. The third kappa shape index (κ3) is 3.17. The molecule has 0 bridgehead atoms. The molecule has 0 spiro atoms. The summed E-state index contributed by atoms with van der Waals surface area (Å²) in [6.07, 6.45) is -2.80. The lowest BCUT2D eigenvalue weighted by atomic mass is 10.1. The normalized spacial score (nSPS) is 10.5. The summed E-state index contributed by atoms with van der Waals surface area (Å²) in [6, 6.07) is 8.76. The summed E-state index contributed by atoms with van der Waals surface area (Å²) in [5, 5.41) is 13.0. The Morgan fingerprint density at radius 1 is 1.23 bits per heavy atom. The highest BCUT2D eigenvalue weighted by Gasteiger charge is 2.18. The number of alkyl halides is 2. The van der Waals surface area contributed by atoms with Crippen molar-refractivity contribution in [2.75, 3.05) is 11.1 Å². The zero-order valence-corrected chi connectivity index (χ0v) is 11.1. The van der Waals surface area contributed by atoms with E-state index in [2.05, 4.69) is 5.32 Å². The van der Waals surface area contributed by atoms with Crippen molar-refractivity contribution in [1.29, 1.82) is 0 Å². The molecule has 0 radical (unpaired) electrons. The van der Waals surface area contributed by atoms with Gasteiger partial charge in [0.15, 0.2) is 0 Å². The van der Waals surface area contributed by atoms with E-state index < -0.39 is 22.8 Å². The van der Waals surface area contributed by atoms with Gasteiger partial charge in [0.25, 0.3) is 18.0 Å². The van der Waals surface area contributed by atoms with Gasteiger partial charge in [-0.1, -0.05) is 18.2 Å². The molecule has 2 aromatic rings. The average molecular weight is 307 g/mol. The fourth-order valence-corrected chi connectivity index (χ4v) is 1.86. The van der Waals surface area contributed by atoms with Crippen molar-refractivity contribution in [3.05, 3.63) is 63.7 Å². The highest BCUT2D eigenvalue weighted by atomic mass is 19.3. The zero-order valence-electron chi connectivity index (χ0n) is 11.1. The van der Waals surface area contributed by atoms with E-state index in [4.69, 9.17) is 5.73 Å². The van der Waals surface area contributed by atoms with Crippen LogP contribution in [0.25, 0.3) is 0 Å². The van der Waals surface area contributed by atoms with Crippen LogP contribution in [0.5, 0.6) is 0 Å². The number of carbonyl (C=O) groups excluding carboxylic acids is 1. The molecule has 114 valence electrons. The van der Waals surface area contributed by atoms with Crippen molar-refractivity contribution in [3.8, 4) is 0 Å². The molecule has 0 aliphatic carbocycles. The van der Waals surface area contributed by atoms with Gasteiger partial charge in [-0.3, -0.25) is 14.9 Å². The Labute approximate surface area is 123 Å². The van der Waals surface area contributed by atoms with Gasteiger partial charge < -0.3 is 11.1 Å². The standard InChI is InChI=1S/C14H11F2N3O3/c15-13(16)9-3-1-2-4-10(9)14(20)18-12-6-5-8(19(21)22)7-11(12)17/h1-7,13H,17H2,(H,18,20). The van der Waals surface area contributed by atoms with Crippen LogP contribution in [-0.2, 0) is 0 Å². The van der Waals surface area contributed by atoms with Gasteiger partial charge in [0, 0.05) is 23.3 Å². The number of nitrogens with two attached hydrogens (primary N) is 1. The molecule has 0 heterocycles. The van der Waals surface area contributed by atoms with Crippen molar-refractivity contribution in [2.24, 2.45) is 0 Å². The molecule has 2 aromatic carbocycles. The number of benzene rings is 2. The molecule has 0 unspecified atom stereocenters. The summed E-state index contributed by atoms with van der Waals surface area (Å²) in [6.45, 7) is 0. The minimum Gasteiger partial charge on any atom is -0.397 e. The number of nitrogens with one attached hydrogen (secondary N) is 1. The van der Waals surface area contributed by atoms with E-state index in [1.165, 1.54) is 24.3 Å². The highest BCUT2D eigenvalue weighted by Crippen LogP contribution is 2.27. The smallest absolute Gasteiger partial charge is 0.271 e. The molecule has 0 aliphatic rings. The lowest BCUT2D eigenvalue weighted by Crippen LogP contribution is -2.15. The fraction of sp³-hybridized carbons (Fsp3) is 0.0714. The van der Waals surface area contributed by atoms with Crippen molar-refractivity contribution in [2.45, 2.75) is 6.43 Å². The van der Waals surface area contributed by atoms with Crippen LogP contribution in [-0.4, -0.2) is 10.8 Å². The van der Waals surface area contributed by atoms with Crippen molar-refractivity contribution < 1.29 is 18.5 Å². The first-order chi connectivity index (χ1) is 10.4. The molecule has 3 N–H and O–H groups in total. The summed E-state index contributed by atoms with van der Waals surface area (Å²) < 4.78 is 25.7. The number of nitrogen functional groups attached to an aromatic ring is 1. The molecule has 22 heavy (non-hydrogen) atoms. The topological polar surface area (TPSA) is 98.3 Å². The van der Waals surface area contributed by atoms with Gasteiger partial charge >= 0.3 is 0 Å². The van der Waals surface area contributed by atoms with E-state index in [0.29, 0.717) is 0 Å². The Kier molecular flexibility index (Phi) is 4.31. The maximum atomic E-state index is 12.9. The van der Waals surface area contributed by atoms with E-state index in [-0.39, 0.29) is 22.6 Å². The Balaban J connectivity index is 2.28. The van der Waals surface area contributed by atoms with Crippen LogP contribution < -0.4 is 11.1 Å². The molecule has 0 aromatic heterocycles. The maximum absolute atomic E-state index is 12.9. The summed E-state index contributed by atoms with van der Waals surface area (Å²) >= 11 is 0. The summed E-state index contributed by atoms with van der Waals surface area (Å²) in [7, 11) is 0. The number of hydrogen-bond donors (Lipinski definition) is 2. The van der Waals surface area contributed by atoms with Crippen LogP contribution in [0.4, 0.5) is 25.8 Å². The summed E-state index contributed by atoms with van der Waals surface area (Å²) in [4.78, 5) is 22.1. The quantitative estimate of drug-likeness (QED) is 0.514. The molecule has 0 saturated heterocycles. The van der Waals surface area contributed by atoms with E-state index >= 15 is 0 Å². The summed E-state index contributed by atoms with van der Waals surface area (Å²) in [5.41, 5.74) is 4.88. The number of non-ortho nitro benzene ring substituents is 1. The molecule has 1 amide bonds. The largest absolute Gasteiger partial charge is 0.397 e.